The molecule has 0 aliphatic carbocycles. The lowest BCUT2D eigenvalue weighted by molar-refractivity contribution is 0.171. The van der Waals surface area contributed by atoms with Crippen LogP contribution in [-0.2, 0) is 13.0 Å². The van der Waals surface area contributed by atoms with Crippen LogP contribution < -0.4 is 20.5 Å². The molecule has 0 atom stereocenters. The number of aryl methyl sites for hydroxylation is 1. The quantitative estimate of drug-likeness (QED) is 0.460. The third-order valence-corrected chi connectivity index (χ3v) is 5.19. The number of ether oxygens (including phenoxy) is 2. The van der Waals surface area contributed by atoms with Crippen LogP contribution in [0.4, 0.5) is 10.2 Å². The molecular formula is C22H29FN6O2. The van der Waals surface area contributed by atoms with Gasteiger partial charge in [-0.25, -0.2) is 4.98 Å². The lowest BCUT2D eigenvalue weighted by Crippen LogP contribution is -2.30. The van der Waals surface area contributed by atoms with Gasteiger partial charge in [0, 0.05) is 26.1 Å². The topological polar surface area (TPSA) is 100 Å². The van der Waals surface area contributed by atoms with Crippen molar-refractivity contribution in [2.75, 3.05) is 32.0 Å². The van der Waals surface area contributed by atoms with Crippen molar-refractivity contribution in [3.05, 3.63) is 35.2 Å². The maximum atomic E-state index is 13.9. The fraction of sp³-hybridized carbons (Fsp3) is 0.500. The zero-order valence-corrected chi connectivity index (χ0v) is 18.5. The molecule has 0 bridgehead atoms. The van der Waals surface area contributed by atoms with Gasteiger partial charge >= 0.3 is 6.08 Å². The smallest absolute Gasteiger partial charge is 0.312 e. The number of nitrogens with zero attached hydrogens (tertiary/aromatic N) is 4. The number of nitrogen functional groups attached to an aromatic ring is 1. The van der Waals surface area contributed by atoms with Crippen molar-refractivity contribution in [3.8, 4) is 11.5 Å². The summed E-state index contributed by atoms with van der Waals surface area (Å²) in [5.41, 5.74) is 9.06. The molecule has 8 nitrogen and oxygen atoms in total. The molecule has 4 rings (SSSR count). The van der Waals surface area contributed by atoms with Crippen molar-refractivity contribution >= 4 is 17.0 Å². The molecule has 166 valence electrons. The number of nitrogens with two attached hydrogens (primary N) is 1. The molecule has 1 aromatic carbocycles. The van der Waals surface area contributed by atoms with Crippen LogP contribution in [0.3, 0.4) is 0 Å². The van der Waals surface area contributed by atoms with Gasteiger partial charge in [-0.3, -0.25) is 0 Å². The molecule has 0 fully saturated rings. The van der Waals surface area contributed by atoms with E-state index >= 15 is 0 Å². The Balaban J connectivity index is 1.67. The molecule has 3 heterocycles. The van der Waals surface area contributed by atoms with Gasteiger partial charge in [0.15, 0.2) is 28.5 Å². The number of fused-ring (bicyclic) bond motifs is 2. The van der Waals surface area contributed by atoms with Crippen molar-refractivity contribution in [2.45, 2.75) is 40.7 Å². The lowest BCUT2D eigenvalue weighted by atomic mass is 9.97. The van der Waals surface area contributed by atoms with E-state index in [0.29, 0.717) is 43.9 Å². The summed E-state index contributed by atoms with van der Waals surface area (Å²) in [6, 6.07) is 3.97. The highest BCUT2D eigenvalue weighted by atomic mass is 19.1. The van der Waals surface area contributed by atoms with Crippen molar-refractivity contribution in [1.29, 1.82) is 0 Å². The van der Waals surface area contributed by atoms with Crippen LogP contribution in [0.15, 0.2) is 12.1 Å². The molecule has 3 aromatic rings. The van der Waals surface area contributed by atoms with Crippen LogP contribution in [0, 0.1) is 18.4 Å². The monoisotopic (exact) mass is 428 g/mol. The second kappa shape index (κ2) is 8.30. The average molecular weight is 429 g/mol. The standard InChI is InChI=1S/C22H29FN6O2/c1-13-9-15-16(31-8-7-30-15)10-14(13)11-17-26-18-19(24)27-21(23)28-20(18)29(17)6-5-25-12-22(2,3)4/h9-10,25H,5-8,11-12H2,1-4H3,(H2,24,27,28). The van der Waals surface area contributed by atoms with Crippen LogP contribution in [0.2, 0.25) is 0 Å². The maximum Gasteiger partial charge on any atom is 0.312 e. The maximum absolute atomic E-state index is 13.9. The molecular weight excluding hydrogens is 399 g/mol. The summed E-state index contributed by atoms with van der Waals surface area (Å²) in [6.45, 7) is 11.8. The average Bonchev–Trinajstić information content (AvgIpc) is 3.02. The first-order chi connectivity index (χ1) is 14.7. The van der Waals surface area contributed by atoms with Gasteiger partial charge in [0.05, 0.1) is 0 Å². The first-order valence-corrected chi connectivity index (χ1v) is 10.5. The second-order valence-corrected chi connectivity index (χ2v) is 9.07. The molecule has 0 spiro atoms. The molecule has 1 aliphatic heterocycles. The molecule has 0 radical (unpaired) electrons. The summed E-state index contributed by atoms with van der Waals surface area (Å²) in [5.74, 6) is 2.28. The van der Waals surface area contributed by atoms with Crippen LogP contribution in [-0.4, -0.2) is 45.8 Å². The molecule has 31 heavy (non-hydrogen) atoms. The van der Waals surface area contributed by atoms with Crippen LogP contribution in [0.25, 0.3) is 11.2 Å². The summed E-state index contributed by atoms with van der Waals surface area (Å²) >= 11 is 0. The summed E-state index contributed by atoms with van der Waals surface area (Å²) in [4.78, 5) is 12.3. The highest BCUT2D eigenvalue weighted by Crippen LogP contribution is 2.34. The van der Waals surface area contributed by atoms with E-state index in [9.17, 15) is 4.39 Å². The molecule has 0 amide bonds. The van der Waals surface area contributed by atoms with Crippen molar-refractivity contribution in [3.63, 3.8) is 0 Å². The molecule has 1 aliphatic rings. The third-order valence-electron chi connectivity index (χ3n) is 5.19. The minimum absolute atomic E-state index is 0.0454. The largest absolute Gasteiger partial charge is 0.486 e. The summed E-state index contributed by atoms with van der Waals surface area (Å²) in [7, 11) is 0. The van der Waals surface area contributed by atoms with E-state index in [1.807, 2.05) is 23.6 Å². The van der Waals surface area contributed by atoms with Gasteiger partial charge in [-0.2, -0.15) is 14.4 Å². The Hall–Kier alpha value is -2.94. The summed E-state index contributed by atoms with van der Waals surface area (Å²) in [6.07, 6.45) is -0.324. The Labute approximate surface area is 181 Å². The number of aromatic nitrogens is 4. The molecule has 0 unspecified atom stereocenters. The molecule has 9 heteroatoms. The van der Waals surface area contributed by atoms with Gasteiger partial charge in [0.1, 0.15) is 19.0 Å². The van der Waals surface area contributed by atoms with Crippen molar-refractivity contribution < 1.29 is 13.9 Å². The van der Waals surface area contributed by atoms with Crippen molar-refractivity contribution in [1.82, 2.24) is 24.8 Å². The number of benzene rings is 1. The summed E-state index contributed by atoms with van der Waals surface area (Å²) < 4.78 is 27.3. The SMILES string of the molecule is Cc1cc2c(cc1Cc1nc3c(N)nc(F)nc3n1CCNCC(C)(C)C)OCCO2. The van der Waals surface area contributed by atoms with E-state index in [2.05, 4.69) is 41.0 Å². The Kier molecular flexibility index (Phi) is 5.70. The van der Waals surface area contributed by atoms with Crippen LogP contribution in [0.1, 0.15) is 37.7 Å². The van der Waals surface area contributed by atoms with Crippen LogP contribution in [0.5, 0.6) is 11.5 Å². The van der Waals surface area contributed by atoms with Gasteiger partial charge < -0.3 is 25.1 Å². The van der Waals surface area contributed by atoms with Gasteiger partial charge in [0.25, 0.3) is 0 Å². The predicted molar refractivity (Wildman–Crippen MR) is 117 cm³/mol. The lowest BCUT2D eigenvalue weighted by Gasteiger charge is -2.21. The van der Waals surface area contributed by atoms with E-state index in [1.54, 1.807) is 0 Å². The second-order valence-electron chi connectivity index (χ2n) is 9.07. The molecule has 2 aromatic heterocycles. The first kappa shape index (κ1) is 21.3. The van der Waals surface area contributed by atoms with E-state index in [1.165, 1.54) is 0 Å². The Morgan fingerprint density at radius 1 is 1.13 bits per heavy atom. The Morgan fingerprint density at radius 3 is 2.55 bits per heavy atom. The zero-order valence-electron chi connectivity index (χ0n) is 18.5. The van der Waals surface area contributed by atoms with E-state index in [4.69, 9.17) is 15.2 Å². The van der Waals surface area contributed by atoms with Gasteiger partial charge in [-0.1, -0.05) is 20.8 Å². The predicted octanol–water partition coefficient (Wildman–Crippen LogP) is 2.85. The Morgan fingerprint density at radius 2 is 1.84 bits per heavy atom. The fourth-order valence-corrected chi connectivity index (χ4v) is 3.66. The molecule has 0 saturated heterocycles. The number of halogens is 1. The van der Waals surface area contributed by atoms with E-state index in [-0.39, 0.29) is 11.2 Å². The number of imidazole rings is 1. The number of rotatable bonds is 6. The van der Waals surface area contributed by atoms with Gasteiger partial charge in [0.2, 0.25) is 0 Å². The van der Waals surface area contributed by atoms with Crippen LogP contribution >= 0.6 is 0 Å². The van der Waals surface area contributed by atoms with Crippen molar-refractivity contribution in [2.24, 2.45) is 5.41 Å². The number of hydrogen-bond acceptors (Lipinski definition) is 7. The normalized spacial score (nSPS) is 13.7. The first-order valence-electron chi connectivity index (χ1n) is 10.5. The number of hydrogen-bond donors (Lipinski definition) is 2. The Bertz CT molecular complexity index is 1110. The summed E-state index contributed by atoms with van der Waals surface area (Å²) in [5, 5.41) is 3.45. The highest BCUT2D eigenvalue weighted by molar-refractivity contribution is 5.82. The molecule has 3 N–H and O–H groups in total. The van der Waals surface area contributed by atoms with Gasteiger partial charge in [-0.15, -0.1) is 0 Å². The minimum atomic E-state index is -0.851. The molecule has 0 saturated carbocycles. The van der Waals surface area contributed by atoms with E-state index < -0.39 is 6.08 Å². The third kappa shape index (κ3) is 4.71. The fourth-order valence-electron chi connectivity index (χ4n) is 3.66. The number of nitrogens with one attached hydrogen (secondary N) is 1. The van der Waals surface area contributed by atoms with E-state index in [0.717, 1.165) is 35.0 Å². The zero-order chi connectivity index (χ0) is 22.2. The number of anilines is 1. The van der Waals surface area contributed by atoms with Gasteiger partial charge in [-0.05, 0) is 35.6 Å². The minimum Gasteiger partial charge on any atom is -0.486 e. The highest BCUT2D eigenvalue weighted by Gasteiger charge is 2.20.